The first-order valence-electron chi connectivity index (χ1n) is 9.69. The molecular weight excluding hydrogens is 367 g/mol. The van der Waals surface area contributed by atoms with Gasteiger partial charge >= 0.3 is 0 Å². The summed E-state index contributed by atoms with van der Waals surface area (Å²) in [5.41, 5.74) is -0.267. The molecule has 0 aliphatic rings. The van der Waals surface area contributed by atoms with E-state index in [-0.39, 0.29) is 16.3 Å². The van der Waals surface area contributed by atoms with Crippen LogP contribution in [0.15, 0.2) is 60.7 Å². The summed E-state index contributed by atoms with van der Waals surface area (Å²) in [6.45, 7) is 17.6. The highest BCUT2D eigenvalue weighted by Crippen LogP contribution is 2.57. The third kappa shape index (κ3) is 4.64. The minimum Gasteiger partial charge on any atom is -0.406 e. The van der Waals surface area contributed by atoms with Gasteiger partial charge in [0.2, 0.25) is 0 Å². The predicted molar refractivity (Wildman–Crippen MR) is 121 cm³/mol. The maximum atomic E-state index is 14.9. The second kappa shape index (κ2) is 7.70. The number of rotatable bonds is 5. The van der Waals surface area contributed by atoms with Gasteiger partial charge in [-0.15, -0.1) is 0 Å². The van der Waals surface area contributed by atoms with Gasteiger partial charge in [-0.2, -0.15) is 0 Å². The van der Waals surface area contributed by atoms with Crippen LogP contribution in [0.3, 0.4) is 0 Å². The van der Waals surface area contributed by atoms with Gasteiger partial charge in [0.05, 0.1) is 0 Å². The molecule has 0 spiro atoms. The average molecular weight is 403 g/mol. The largest absolute Gasteiger partial charge is 0.406 e. The molecule has 4 heteroatoms. The van der Waals surface area contributed by atoms with E-state index in [2.05, 4.69) is 54.6 Å². The van der Waals surface area contributed by atoms with Crippen molar-refractivity contribution in [2.24, 2.45) is 5.41 Å². The average Bonchev–Trinajstić information content (AvgIpc) is 2.59. The minimum absolute atomic E-state index is 0.0503. The number of hydrogen-bond donors (Lipinski definition) is 0. The molecule has 0 bridgehead atoms. The van der Waals surface area contributed by atoms with E-state index in [0.717, 1.165) is 10.6 Å². The monoisotopic (exact) mass is 402 g/mol. The van der Waals surface area contributed by atoms with Gasteiger partial charge in [0, 0.05) is 10.6 Å². The molecule has 27 heavy (non-hydrogen) atoms. The Balaban J connectivity index is 2.72. The lowest BCUT2D eigenvalue weighted by Crippen LogP contribution is -2.49. The SMILES string of the molecule is CC(C)(C)C(O[Si](C)(C)C(C)(C)C)P(=O)(c1ccccc1)c1ccccc1. The van der Waals surface area contributed by atoms with Crippen LogP contribution in [-0.4, -0.2) is 14.2 Å². The van der Waals surface area contributed by atoms with Gasteiger partial charge in [0.25, 0.3) is 0 Å². The van der Waals surface area contributed by atoms with E-state index >= 15 is 0 Å². The van der Waals surface area contributed by atoms with Crippen LogP contribution in [0.2, 0.25) is 18.1 Å². The molecule has 0 saturated carbocycles. The molecule has 2 aromatic carbocycles. The van der Waals surface area contributed by atoms with Crippen LogP contribution in [0, 0.1) is 5.41 Å². The molecular formula is C23H35O2PSi. The molecule has 2 rings (SSSR count). The molecule has 0 saturated heterocycles. The fourth-order valence-electron chi connectivity index (χ4n) is 2.97. The molecule has 0 aliphatic heterocycles. The zero-order valence-corrected chi connectivity index (χ0v) is 20.0. The topological polar surface area (TPSA) is 26.3 Å². The van der Waals surface area contributed by atoms with Crippen LogP contribution in [0.1, 0.15) is 41.5 Å². The van der Waals surface area contributed by atoms with Crippen molar-refractivity contribution in [3.05, 3.63) is 60.7 Å². The van der Waals surface area contributed by atoms with Crippen molar-refractivity contribution < 1.29 is 8.99 Å². The Morgan fingerprint density at radius 2 is 1.15 bits per heavy atom. The summed E-state index contributed by atoms with van der Waals surface area (Å²) in [5.74, 6) is -0.379. The first-order chi connectivity index (χ1) is 12.3. The molecule has 148 valence electrons. The summed E-state index contributed by atoms with van der Waals surface area (Å²) in [7, 11) is -5.13. The van der Waals surface area contributed by atoms with Crippen molar-refractivity contribution in [3.63, 3.8) is 0 Å². The van der Waals surface area contributed by atoms with Gasteiger partial charge < -0.3 is 8.99 Å². The maximum absolute atomic E-state index is 14.9. The van der Waals surface area contributed by atoms with Crippen LogP contribution < -0.4 is 10.6 Å². The van der Waals surface area contributed by atoms with Crippen molar-refractivity contribution >= 4 is 26.1 Å². The van der Waals surface area contributed by atoms with Crippen molar-refractivity contribution in [3.8, 4) is 0 Å². The van der Waals surface area contributed by atoms with Gasteiger partial charge in [-0.25, -0.2) is 0 Å². The van der Waals surface area contributed by atoms with E-state index < -0.39 is 15.5 Å². The lowest BCUT2D eigenvalue weighted by Gasteiger charge is -2.46. The van der Waals surface area contributed by atoms with Crippen molar-refractivity contribution in [2.75, 3.05) is 0 Å². The molecule has 1 atom stereocenters. The lowest BCUT2D eigenvalue weighted by molar-refractivity contribution is 0.139. The predicted octanol–water partition coefficient (Wildman–Crippen LogP) is 6.39. The van der Waals surface area contributed by atoms with Crippen LogP contribution in [-0.2, 0) is 8.99 Å². The molecule has 2 aromatic rings. The Bertz CT molecular complexity index is 743. The Morgan fingerprint density at radius 3 is 1.44 bits per heavy atom. The molecule has 2 nitrogen and oxygen atoms in total. The van der Waals surface area contributed by atoms with E-state index in [1.807, 2.05) is 60.7 Å². The van der Waals surface area contributed by atoms with E-state index in [1.165, 1.54) is 0 Å². The molecule has 0 aliphatic carbocycles. The number of benzene rings is 2. The normalized spacial score (nSPS) is 14.8. The van der Waals surface area contributed by atoms with Crippen LogP contribution >= 0.6 is 7.14 Å². The van der Waals surface area contributed by atoms with Crippen molar-refractivity contribution in [1.29, 1.82) is 0 Å². The highest BCUT2D eigenvalue weighted by molar-refractivity contribution is 7.79. The second-order valence-electron chi connectivity index (χ2n) is 9.93. The van der Waals surface area contributed by atoms with Crippen LogP contribution in [0.5, 0.6) is 0 Å². The van der Waals surface area contributed by atoms with Crippen molar-refractivity contribution in [2.45, 2.75) is 65.5 Å². The van der Waals surface area contributed by atoms with E-state index in [9.17, 15) is 4.57 Å². The van der Waals surface area contributed by atoms with E-state index in [4.69, 9.17) is 4.43 Å². The van der Waals surface area contributed by atoms with Gasteiger partial charge in [-0.1, -0.05) is 102 Å². The first-order valence-corrected chi connectivity index (χ1v) is 14.4. The van der Waals surface area contributed by atoms with Gasteiger partial charge in [-0.3, -0.25) is 0 Å². The molecule has 1 unspecified atom stereocenters. The summed E-state index contributed by atoms with van der Waals surface area (Å²) in [6.07, 6.45) is 0. The van der Waals surface area contributed by atoms with E-state index in [0.29, 0.717) is 0 Å². The summed E-state index contributed by atoms with van der Waals surface area (Å²) < 4.78 is 21.8. The molecule has 0 N–H and O–H groups in total. The third-order valence-corrected chi connectivity index (χ3v) is 13.9. The van der Waals surface area contributed by atoms with Crippen molar-refractivity contribution in [1.82, 2.24) is 0 Å². The lowest BCUT2D eigenvalue weighted by atomic mass is 9.98. The van der Waals surface area contributed by atoms with E-state index in [1.54, 1.807) is 0 Å². The summed E-state index contributed by atoms with van der Waals surface area (Å²) >= 11 is 0. The van der Waals surface area contributed by atoms with Crippen LogP contribution in [0.4, 0.5) is 0 Å². The molecule has 0 heterocycles. The molecule has 0 radical (unpaired) electrons. The summed E-state index contributed by atoms with van der Waals surface area (Å²) in [6, 6.07) is 19.8. The Morgan fingerprint density at radius 1 is 0.778 bits per heavy atom. The third-order valence-electron chi connectivity index (χ3n) is 5.56. The van der Waals surface area contributed by atoms with Gasteiger partial charge in [0.1, 0.15) is 5.85 Å². The quantitative estimate of drug-likeness (QED) is 0.427. The highest BCUT2D eigenvalue weighted by Gasteiger charge is 2.49. The Hall–Kier alpha value is -1.15. The number of hydrogen-bond acceptors (Lipinski definition) is 2. The molecule has 0 amide bonds. The zero-order valence-electron chi connectivity index (χ0n) is 18.1. The first kappa shape index (κ1) is 22.1. The Kier molecular flexibility index (Phi) is 6.31. The molecule has 0 fully saturated rings. The fourth-order valence-corrected chi connectivity index (χ4v) is 8.78. The Labute approximate surface area is 166 Å². The van der Waals surface area contributed by atoms with Gasteiger partial charge in [-0.05, 0) is 23.5 Å². The second-order valence-corrected chi connectivity index (χ2v) is 17.5. The standard InChI is InChI=1S/C23H35O2PSi/c1-22(2,3)21(25-27(7,8)23(4,5)6)26(24,19-15-11-9-12-16-19)20-17-13-10-14-18-20/h9-18,21H,1-8H3. The summed E-state index contributed by atoms with van der Waals surface area (Å²) in [4.78, 5) is 0. The van der Waals surface area contributed by atoms with Crippen LogP contribution in [0.25, 0.3) is 0 Å². The molecule has 0 aromatic heterocycles. The zero-order chi connectivity index (χ0) is 20.5. The minimum atomic E-state index is -3.01. The smallest absolute Gasteiger partial charge is 0.193 e. The fraction of sp³-hybridized carbons (Fsp3) is 0.478. The maximum Gasteiger partial charge on any atom is 0.193 e. The van der Waals surface area contributed by atoms with Gasteiger partial charge in [0.15, 0.2) is 15.5 Å². The highest BCUT2D eigenvalue weighted by atomic mass is 31.2. The summed E-state index contributed by atoms with van der Waals surface area (Å²) in [5, 5.41) is 1.79.